The molecule has 94 valence electrons. The van der Waals surface area contributed by atoms with Gasteiger partial charge in [-0.2, -0.15) is 10.1 Å². The molecule has 1 aromatic carbocycles. The van der Waals surface area contributed by atoms with Crippen molar-refractivity contribution in [2.75, 3.05) is 0 Å². The van der Waals surface area contributed by atoms with Crippen molar-refractivity contribution in [3.05, 3.63) is 63.8 Å². The van der Waals surface area contributed by atoms with Crippen LogP contribution in [0.4, 0.5) is 0 Å². The summed E-state index contributed by atoms with van der Waals surface area (Å²) in [6.07, 6.45) is 1.38. The average Bonchev–Trinajstić information content (AvgIpc) is 2.40. The summed E-state index contributed by atoms with van der Waals surface area (Å²) in [5.41, 5.74) is 2.86. The summed E-state index contributed by atoms with van der Waals surface area (Å²) in [7, 11) is 0. The Kier molecular flexibility index (Phi) is 2.80. The van der Waals surface area contributed by atoms with Crippen molar-refractivity contribution >= 4 is 17.1 Å². The molecule has 0 atom stereocenters. The lowest BCUT2D eigenvalue weighted by atomic mass is 10.0. The number of hydrogen-bond acceptors (Lipinski definition) is 3. The Labute approximate surface area is 114 Å². The molecule has 0 bridgehead atoms. The molecule has 0 aliphatic rings. The number of aromatic nitrogens is 3. The van der Waals surface area contributed by atoms with Gasteiger partial charge in [0.25, 0.3) is 5.56 Å². The van der Waals surface area contributed by atoms with Crippen LogP contribution >= 0.6 is 11.6 Å². The fourth-order valence-corrected chi connectivity index (χ4v) is 2.23. The number of rotatable bonds is 1. The second-order valence-corrected chi connectivity index (χ2v) is 4.61. The van der Waals surface area contributed by atoms with Gasteiger partial charge in [0.2, 0.25) is 0 Å². The van der Waals surface area contributed by atoms with E-state index in [9.17, 15) is 4.79 Å². The van der Waals surface area contributed by atoms with Gasteiger partial charge in [0.15, 0.2) is 0 Å². The van der Waals surface area contributed by atoms with E-state index in [4.69, 9.17) is 11.6 Å². The number of halogens is 1. The van der Waals surface area contributed by atoms with Gasteiger partial charge in [-0.15, -0.1) is 0 Å². The molecule has 0 amide bonds. The summed E-state index contributed by atoms with van der Waals surface area (Å²) in [5.74, 6) is 0. The zero-order valence-electron chi connectivity index (χ0n) is 10.2. The molecule has 19 heavy (non-hydrogen) atoms. The Hall–Kier alpha value is -2.20. The Morgan fingerprint density at radius 2 is 1.95 bits per heavy atom. The van der Waals surface area contributed by atoms with Crippen LogP contribution in [-0.4, -0.2) is 14.6 Å². The number of benzene rings is 1. The van der Waals surface area contributed by atoms with Gasteiger partial charge in [-0.3, -0.25) is 4.79 Å². The topological polar surface area (TPSA) is 47.3 Å². The van der Waals surface area contributed by atoms with E-state index in [0.717, 1.165) is 11.1 Å². The lowest BCUT2D eigenvalue weighted by Gasteiger charge is -2.08. The lowest BCUT2D eigenvalue weighted by Crippen LogP contribution is -2.13. The van der Waals surface area contributed by atoms with Crippen LogP contribution in [0.15, 0.2) is 47.5 Å². The van der Waals surface area contributed by atoms with Crippen molar-refractivity contribution in [1.29, 1.82) is 0 Å². The van der Waals surface area contributed by atoms with Crippen molar-refractivity contribution in [2.45, 2.75) is 6.92 Å². The van der Waals surface area contributed by atoms with Gasteiger partial charge >= 0.3 is 0 Å². The third-order valence-corrected chi connectivity index (χ3v) is 3.20. The van der Waals surface area contributed by atoms with E-state index in [2.05, 4.69) is 10.1 Å². The van der Waals surface area contributed by atoms with Crippen molar-refractivity contribution in [3.8, 4) is 11.1 Å². The minimum Gasteiger partial charge on any atom is -0.267 e. The van der Waals surface area contributed by atoms with E-state index in [1.165, 1.54) is 10.8 Å². The standard InChI is InChI=1S/C14H10ClN3O/c1-9-4-2-3-5-10(9)13-11-6-7-12(15)17-18(11)8-16-14(13)19/h2-8H,1H3. The molecular weight excluding hydrogens is 262 g/mol. The molecule has 0 saturated heterocycles. The second-order valence-electron chi connectivity index (χ2n) is 4.23. The van der Waals surface area contributed by atoms with Crippen LogP contribution in [0.25, 0.3) is 16.6 Å². The summed E-state index contributed by atoms with van der Waals surface area (Å²) < 4.78 is 1.52. The van der Waals surface area contributed by atoms with Gasteiger partial charge in [0.05, 0.1) is 11.1 Å². The highest BCUT2D eigenvalue weighted by molar-refractivity contribution is 6.29. The molecule has 0 saturated carbocycles. The smallest absolute Gasteiger partial charge is 0.267 e. The first-order chi connectivity index (χ1) is 9.16. The van der Waals surface area contributed by atoms with Crippen molar-refractivity contribution in [3.63, 3.8) is 0 Å². The minimum absolute atomic E-state index is 0.265. The van der Waals surface area contributed by atoms with Crippen molar-refractivity contribution in [2.24, 2.45) is 0 Å². The summed E-state index contributed by atoms with van der Waals surface area (Å²) >= 11 is 5.85. The molecule has 0 spiro atoms. The quantitative estimate of drug-likeness (QED) is 0.684. The molecule has 0 N–H and O–H groups in total. The second kappa shape index (κ2) is 4.48. The third-order valence-electron chi connectivity index (χ3n) is 3.00. The third kappa shape index (κ3) is 2.00. The highest BCUT2D eigenvalue weighted by atomic mass is 35.5. The van der Waals surface area contributed by atoms with Crippen LogP contribution in [0.5, 0.6) is 0 Å². The van der Waals surface area contributed by atoms with E-state index in [1.54, 1.807) is 12.1 Å². The van der Waals surface area contributed by atoms with Crippen LogP contribution in [0.1, 0.15) is 5.56 Å². The van der Waals surface area contributed by atoms with Crippen LogP contribution in [0.2, 0.25) is 5.15 Å². The summed E-state index contributed by atoms with van der Waals surface area (Å²) in [6.45, 7) is 1.96. The summed E-state index contributed by atoms with van der Waals surface area (Å²) in [5, 5.41) is 4.47. The van der Waals surface area contributed by atoms with Crippen LogP contribution in [0.3, 0.4) is 0 Å². The molecule has 3 rings (SSSR count). The predicted molar refractivity (Wildman–Crippen MR) is 74.4 cm³/mol. The number of fused-ring (bicyclic) bond motifs is 1. The molecule has 5 heteroatoms. The molecule has 0 unspecified atom stereocenters. The van der Waals surface area contributed by atoms with Crippen molar-refractivity contribution < 1.29 is 0 Å². The molecule has 3 aromatic rings. The maximum absolute atomic E-state index is 12.1. The SMILES string of the molecule is Cc1ccccc1-c1c(=O)ncn2nc(Cl)ccc12. The number of nitrogens with zero attached hydrogens (tertiary/aromatic N) is 3. The van der Waals surface area contributed by atoms with E-state index < -0.39 is 0 Å². The summed E-state index contributed by atoms with van der Waals surface area (Å²) in [4.78, 5) is 15.9. The van der Waals surface area contributed by atoms with Crippen molar-refractivity contribution in [1.82, 2.24) is 14.6 Å². The normalized spacial score (nSPS) is 10.8. The van der Waals surface area contributed by atoms with Crippen LogP contribution < -0.4 is 5.56 Å². The zero-order chi connectivity index (χ0) is 13.4. The van der Waals surface area contributed by atoms with Gasteiger partial charge in [0.1, 0.15) is 11.5 Å². The molecule has 2 heterocycles. The van der Waals surface area contributed by atoms with E-state index in [-0.39, 0.29) is 5.56 Å². The monoisotopic (exact) mass is 271 g/mol. The molecule has 4 nitrogen and oxygen atoms in total. The maximum Gasteiger partial charge on any atom is 0.281 e. The Morgan fingerprint density at radius 3 is 2.74 bits per heavy atom. The maximum atomic E-state index is 12.1. The molecule has 0 fully saturated rings. The Bertz CT molecular complexity index is 826. The molecule has 2 aromatic heterocycles. The fraction of sp³-hybridized carbons (Fsp3) is 0.0714. The molecular formula is C14H10ClN3O. The van der Waals surface area contributed by atoms with Crippen LogP contribution in [-0.2, 0) is 0 Å². The van der Waals surface area contributed by atoms with Gasteiger partial charge in [-0.05, 0) is 30.2 Å². The first-order valence-corrected chi connectivity index (χ1v) is 6.15. The van der Waals surface area contributed by atoms with Crippen LogP contribution in [0, 0.1) is 6.92 Å². The average molecular weight is 272 g/mol. The first kappa shape index (κ1) is 11.9. The largest absolute Gasteiger partial charge is 0.281 e. The summed E-state index contributed by atoms with van der Waals surface area (Å²) in [6, 6.07) is 11.1. The number of hydrogen-bond donors (Lipinski definition) is 0. The molecule has 0 aliphatic heterocycles. The molecule has 0 aliphatic carbocycles. The van der Waals surface area contributed by atoms with E-state index >= 15 is 0 Å². The Balaban J connectivity index is 2.44. The van der Waals surface area contributed by atoms with Gasteiger partial charge < -0.3 is 0 Å². The Morgan fingerprint density at radius 1 is 1.16 bits per heavy atom. The highest BCUT2D eigenvalue weighted by Gasteiger charge is 2.11. The lowest BCUT2D eigenvalue weighted by molar-refractivity contribution is 0.884. The predicted octanol–water partition coefficient (Wildman–Crippen LogP) is 2.72. The fourth-order valence-electron chi connectivity index (χ4n) is 2.09. The van der Waals surface area contributed by atoms with Gasteiger partial charge in [0, 0.05) is 0 Å². The number of aryl methyl sites for hydroxylation is 1. The molecule has 0 radical (unpaired) electrons. The van der Waals surface area contributed by atoms with Gasteiger partial charge in [-0.1, -0.05) is 35.9 Å². The zero-order valence-corrected chi connectivity index (χ0v) is 10.9. The highest BCUT2D eigenvalue weighted by Crippen LogP contribution is 2.23. The first-order valence-electron chi connectivity index (χ1n) is 5.77. The van der Waals surface area contributed by atoms with E-state index in [0.29, 0.717) is 16.2 Å². The van der Waals surface area contributed by atoms with E-state index in [1.807, 2.05) is 31.2 Å². The minimum atomic E-state index is -0.265. The van der Waals surface area contributed by atoms with Gasteiger partial charge in [-0.25, -0.2) is 4.52 Å².